The Morgan fingerprint density at radius 1 is 1.15 bits per heavy atom. The van der Waals surface area contributed by atoms with Gasteiger partial charge in [0.15, 0.2) is 0 Å². The highest BCUT2D eigenvalue weighted by Gasteiger charge is 2.39. The van der Waals surface area contributed by atoms with Crippen LogP contribution in [0.25, 0.3) is 0 Å². The molecule has 0 N–H and O–H groups in total. The topological polar surface area (TPSA) is 62.6 Å². The second-order valence-corrected chi connectivity index (χ2v) is 6.87. The lowest BCUT2D eigenvalue weighted by Gasteiger charge is -2.30. The van der Waals surface area contributed by atoms with Crippen LogP contribution < -0.4 is 4.90 Å². The highest BCUT2D eigenvalue weighted by Crippen LogP contribution is 2.31. The number of hydrogen-bond donors (Lipinski definition) is 0. The van der Waals surface area contributed by atoms with E-state index in [1.165, 1.54) is 17.7 Å². The number of imide groups is 1. The maximum absolute atomic E-state index is 13.1. The molecule has 1 aromatic carbocycles. The van der Waals surface area contributed by atoms with Crippen molar-refractivity contribution >= 4 is 23.8 Å². The lowest BCUT2D eigenvalue weighted by molar-refractivity contribution is -0.118. The molecule has 0 fully saturated rings. The number of aliphatic imine (C=N–C) groups is 1. The maximum atomic E-state index is 13.1. The molecule has 2 heterocycles. The number of hydrogen-bond acceptors (Lipinski definition) is 4. The summed E-state index contributed by atoms with van der Waals surface area (Å²) >= 11 is 0. The van der Waals surface area contributed by atoms with Crippen LogP contribution in [0, 0.1) is 0 Å². The van der Waals surface area contributed by atoms with Crippen molar-refractivity contribution in [3.05, 3.63) is 59.8 Å². The zero-order valence-electron chi connectivity index (χ0n) is 15.8. The molecule has 3 rings (SSSR count). The number of unbranched alkanes of at least 4 members (excludes halogenated alkanes) is 2. The molecule has 5 heteroatoms. The average molecular weight is 363 g/mol. The molecule has 0 saturated heterocycles. The van der Waals surface area contributed by atoms with Crippen molar-refractivity contribution in [2.75, 3.05) is 4.90 Å². The Bertz CT molecular complexity index is 832. The van der Waals surface area contributed by atoms with Crippen LogP contribution in [-0.4, -0.2) is 29.1 Å². The molecular formula is C22H25N3O2. The predicted octanol–water partition coefficient (Wildman–Crippen LogP) is 4.39. The number of carbonyl (C=O) groups is 2. The number of rotatable bonds is 7. The van der Waals surface area contributed by atoms with E-state index in [1.807, 2.05) is 18.2 Å². The third kappa shape index (κ3) is 4.13. The molecule has 0 radical (unpaired) electrons. The zero-order valence-corrected chi connectivity index (χ0v) is 15.8. The molecule has 1 aromatic heterocycles. The van der Waals surface area contributed by atoms with E-state index < -0.39 is 5.92 Å². The summed E-state index contributed by atoms with van der Waals surface area (Å²) in [6.07, 6.45) is 7.77. The average Bonchev–Trinajstić information content (AvgIpc) is 2.69. The van der Waals surface area contributed by atoms with Gasteiger partial charge in [0.1, 0.15) is 5.82 Å². The van der Waals surface area contributed by atoms with Crippen LogP contribution >= 0.6 is 0 Å². The first-order valence-electron chi connectivity index (χ1n) is 9.55. The molecule has 0 saturated carbocycles. The van der Waals surface area contributed by atoms with Crippen LogP contribution in [0.4, 0.5) is 5.82 Å². The first-order valence-corrected chi connectivity index (χ1v) is 9.55. The monoisotopic (exact) mass is 363 g/mol. The summed E-state index contributed by atoms with van der Waals surface area (Å²) in [4.78, 5) is 36.0. The van der Waals surface area contributed by atoms with Gasteiger partial charge in [-0.3, -0.25) is 14.6 Å². The minimum absolute atomic E-state index is 0.150. The lowest BCUT2D eigenvalue weighted by atomic mass is 9.89. The molecule has 2 aromatic rings. The van der Waals surface area contributed by atoms with Gasteiger partial charge in [0, 0.05) is 24.0 Å². The van der Waals surface area contributed by atoms with E-state index in [1.54, 1.807) is 36.7 Å². The smallest absolute Gasteiger partial charge is 0.266 e. The van der Waals surface area contributed by atoms with E-state index in [9.17, 15) is 9.59 Å². The second kappa shape index (κ2) is 8.71. The van der Waals surface area contributed by atoms with Crippen molar-refractivity contribution in [3.63, 3.8) is 0 Å². The van der Waals surface area contributed by atoms with E-state index in [0.717, 1.165) is 12.8 Å². The molecule has 5 nitrogen and oxygen atoms in total. The van der Waals surface area contributed by atoms with E-state index in [2.05, 4.69) is 23.8 Å². The largest absolute Gasteiger partial charge is 0.293 e. The summed E-state index contributed by atoms with van der Waals surface area (Å²) in [6, 6.07) is 12.6. The normalized spacial score (nSPS) is 18.0. The van der Waals surface area contributed by atoms with E-state index in [0.29, 0.717) is 16.9 Å². The molecule has 2 atom stereocenters. The van der Waals surface area contributed by atoms with Crippen molar-refractivity contribution in [3.8, 4) is 0 Å². The number of pyridine rings is 1. The Morgan fingerprint density at radius 3 is 2.67 bits per heavy atom. The van der Waals surface area contributed by atoms with E-state index in [4.69, 9.17) is 0 Å². The van der Waals surface area contributed by atoms with Gasteiger partial charge in [0.25, 0.3) is 5.91 Å². The van der Waals surface area contributed by atoms with Crippen molar-refractivity contribution in [2.45, 2.75) is 51.5 Å². The van der Waals surface area contributed by atoms with Crippen LogP contribution in [0.1, 0.15) is 61.4 Å². The summed E-state index contributed by atoms with van der Waals surface area (Å²) in [5, 5.41) is 0. The van der Waals surface area contributed by atoms with Gasteiger partial charge < -0.3 is 0 Å². The van der Waals surface area contributed by atoms with Crippen molar-refractivity contribution in [2.24, 2.45) is 4.99 Å². The van der Waals surface area contributed by atoms with Gasteiger partial charge in [-0.2, -0.15) is 0 Å². The third-order valence-corrected chi connectivity index (χ3v) is 4.81. The van der Waals surface area contributed by atoms with Crippen LogP contribution in [0.2, 0.25) is 0 Å². The number of aromatic nitrogens is 1. The highest BCUT2D eigenvalue weighted by atomic mass is 16.2. The standard InChI is InChI=1S/C22H25N3O2/c1-3-4-5-10-16(2)24-15-19-17-11-6-7-12-18(17)21(26)25(22(19)27)20-13-8-9-14-23-20/h6-9,11-16,19H,3-5,10H2,1-2H3/t16-,19?/m0/s1. The van der Waals surface area contributed by atoms with Gasteiger partial charge in [0.05, 0.1) is 5.92 Å². The molecule has 0 aliphatic carbocycles. The molecular weight excluding hydrogens is 338 g/mol. The first kappa shape index (κ1) is 19.0. The molecule has 0 spiro atoms. The quantitative estimate of drug-likeness (QED) is 0.416. The molecule has 1 aliphatic rings. The fraction of sp³-hybridized carbons (Fsp3) is 0.364. The van der Waals surface area contributed by atoms with Crippen LogP contribution in [0.15, 0.2) is 53.7 Å². The lowest BCUT2D eigenvalue weighted by Crippen LogP contribution is -2.46. The summed E-state index contributed by atoms with van der Waals surface area (Å²) in [6.45, 7) is 4.24. The SMILES string of the molecule is CCCCC[C@H](C)N=CC1C(=O)N(c2ccccn2)C(=O)c2ccccc21. The van der Waals surface area contributed by atoms with Gasteiger partial charge in [0.2, 0.25) is 5.91 Å². The Labute approximate surface area is 160 Å². The molecule has 2 amide bonds. The number of amides is 2. The van der Waals surface area contributed by atoms with Crippen LogP contribution in [0.5, 0.6) is 0 Å². The summed E-state index contributed by atoms with van der Waals surface area (Å²) < 4.78 is 0. The fourth-order valence-electron chi connectivity index (χ4n) is 3.30. The Morgan fingerprint density at radius 2 is 1.93 bits per heavy atom. The van der Waals surface area contributed by atoms with Gasteiger partial charge >= 0.3 is 0 Å². The second-order valence-electron chi connectivity index (χ2n) is 6.87. The highest BCUT2D eigenvalue weighted by molar-refractivity contribution is 6.28. The van der Waals surface area contributed by atoms with Crippen molar-refractivity contribution in [1.29, 1.82) is 0 Å². The molecule has 27 heavy (non-hydrogen) atoms. The third-order valence-electron chi connectivity index (χ3n) is 4.81. The fourth-order valence-corrected chi connectivity index (χ4v) is 3.30. The Hall–Kier alpha value is -2.82. The Balaban J connectivity index is 1.91. The Kier molecular flexibility index (Phi) is 6.12. The predicted molar refractivity (Wildman–Crippen MR) is 107 cm³/mol. The minimum atomic E-state index is -0.575. The molecule has 1 unspecified atom stereocenters. The van der Waals surface area contributed by atoms with Crippen molar-refractivity contribution in [1.82, 2.24) is 4.98 Å². The number of nitrogens with zero attached hydrogens (tertiary/aromatic N) is 3. The van der Waals surface area contributed by atoms with Gasteiger partial charge in [-0.1, -0.05) is 50.5 Å². The molecule has 1 aliphatic heterocycles. The number of anilines is 1. The van der Waals surface area contributed by atoms with E-state index >= 15 is 0 Å². The minimum Gasteiger partial charge on any atom is -0.293 e. The maximum Gasteiger partial charge on any atom is 0.266 e. The van der Waals surface area contributed by atoms with Gasteiger partial charge in [-0.15, -0.1) is 0 Å². The first-order chi connectivity index (χ1) is 13.1. The molecule has 0 bridgehead atoms. The van der Waals surface area contributed by atoms with Crippen LogP contribution in [-0.2, 0) is 4.79 Å². The van der Waals surface area contributed by atoms with Gasteiger partial charge in [-0.25, -0.2) is 9.88 Å². The number of carbonyl (C=O) groups excluding carboxylic acids is 2. The number of benzene rings is 1. The van der Waals surface area contributed by atoms with Gasteiger partial charge in [-0.05, 0) is 37.1 Å². The van der Waals surface area contributed by atoms with E-state index in [-0.39, 0.29) is 17.9 Å². The van der Waals surface area contributed by atoms with Crippen molar-refractivity contribution < 1.29 is 9.59 Å². The zero-order chi connectivity index (χ0) is 19.2. The van der Waals surface area contributed by atoms with Crippen LogP contribution in [0.3, 0.4) is 0 Å². The summed E-state index contributed by atoms with van der Waals surface area (Å²) in [7, 11) is 0. The number of fused-ring (bicyclic) bond motifs is 1. The molecule has 140 valence electrons. The summed E-state index contributed by atoms with van der Waals surface area (Å²) in [5.74, 6) is -0.872. The summed E-state index contributed by atoms with van der Waals surface area (Å²) in [5.41, 5.74) is 1.24.